The van der Waals surface area contributed by atoms with Crippen LogP contribution in [-0.2, 0) is 13.9 Å². The summed E-state index contributed by atoms with van der Waals surface area (Å²) in [5, 5.41) is 0. The van der Waals surface area contributed by atoms with Gasteiger partial charge in [-0.1, -0.05) is 0 Å². The average molecular weight is 432 g/mol. The summed E-state index contributed by atoms with van der Waals surface area (Å²) in [4.78, 5) is 0. The van der Waals surface area contributed by atoms with Crippen molar-refractivity contribution in [2.24, 2.45) is 0 Å². The normalized spacial score (nSPS) is 15.5. The molecule has 15 heteroatoms. The van der Waals surface area contributed by atoms with Crippen molar-refractivity contribution < 1.29 is 62.2 Å². The minimum Gasteiger partial charge on any atom is -0.411 e. The molecule has 0 aliphatic carbocycles. The van der Waals surface area contributed by atoms with Crippen LogP contribution >= 0.6 is 0 Å². The van der Waals surface area contributed by atoms with Crippen molar-refractivity contribution in [1.82, 2.24) is 0 Å². The Morgan fingerprint density at radius 3 is 1.65 bits per heavy atom. The van der Waals surface area contributed by atoms with Crippen molar-refractivity contribution in [3.05, 3.63) is 0 Å². The smallest absolute Gasteiger partial charge is 0.411 e. The maximum atomic E-state index is 13.8. The molecule has 0 aromatic rings. The fraction of sp³-hybridized carbons (Fsp3) is 1.00. The van der Waals surface area contributed by atoms with Gasteiger partial charge in [-0.25, -0.2) is 17.9 Å². The molecule has 0 aliphatic rings. The van der Waals surface area contributed by atoms with Gasteiger partial charge in [0.2, 0.25) is 0 Å². The van der Waals surface area contributed by atoms with Crippen molar-refractivity contribution in [3.63, 3.8) is 0 Å². The van der Waals surface area contributed by atoms with Gasteiger partial charge >= 0.3 is 24.2 Å². The lowest BCUT2D eigenvalue weighted by molar-refractivity contribution is -0.489. The van der Waals surface area contributed by atoms with E-state index in [0.717, 1.165) is 13.1 Å². The van der Waals surface area contributed by atoms with Crippen molar-refractivity contribution in [2.45, 2.75) is 49.8 Å². The fourth-order valence-corrected chi connectivity index (χ4v) is 2.71. The zero-order valence-corrected chi connectivity index (χ0v) is 14.5. The summed E-state index contributed by atoms with van der Waals surface area (Å²) in [5.41, 5.74) is -4.23. The number of alkyl halides is 11. The predicted octanol–water partition coefficient (Wildman–Crippen LogP) is 4.82. The van der Waals surface area contributed by atoms with Gasteiger partial charge in [-0.2, -0.15) is 35.1 Å². The number of rotatable bonds is 11. The molecule has 0 heterocycles. The van der Waals surface area contributed by atoms with Crippen LogP contribution in [0.1, 0.15) is 6.92 Å². The van der Waals surface area contributed by atoms with E-state index in [1.54, 1.807) is 0 Å². The summed E-state index contributed by atoms with van der Waals surface area (Å²) in [6.45, 7) is -2.88. The monoisotopic (exact) mass is 432 g/mol. The van der Waals surface area contributed by atoms with E-state index in [1.165, 1.54) is 6.92 Å². The Morgan fingerprint density at radius 1 is 0.808 bits per heavy atom. The molecule has 0 unspecified atom stereocenters. The van der Waals surface area contributed by atoms with E-state index in [9.17, 15) is 48.3 Å². The van der Waals surface area contributed by atoms with Crippen LogP contribution < -0.4 is 0 Å². The zero-order chi connectivity index (χ0) is 21.2. The second kappa shape index (κ2) is 7.75. The van der Waals surface area contributed by atoms with Crippen LogP contribution in [0.3, 0.4) is 0 Å². The molecule has 0 aromatic heterocycles. The van der Waals surface area contributed by atoms with E-state index in [2.05, 4.69) is 13.9 Å². The molecule has 158 valence electrons. The number of hydrogen-bond acceptors (Lipinski definition) is 3. The van der Waals surface area contributed by atoms with Crippen molar-refractivity contribution in [3.8, 4) is 0 Å². The second-order valence-electron chi connectivity index (χ2n) is 5.42. The van der Waals surface area contributed by atoms with Gasteiger partial charge in [-0.05, 0) is 20.0 Å². The molecule has 0 aliphatic heterocycles. The molecule has 0 radical (unpaired) electrons. The number of ether oxygens (including phenoxy) is 2. The van der Waals surface area contributed by atoms with Crippen LogP contribution in [0.5, 0.6) is 0 Å². The highest BCUT2D eigenvalue weighted by Gasteiger charge is 2.77. The summed E-state index contributed by atoms with van der Waals surface area (Å²) >= 11 is 0. The molecule has 0 aromatic carbocycles. The fourth-order valence-electron chi connectivity index (χ4n) is 1.36. The Kier molecular flexibility index (Phi) is 7.55. The van der Waals surface area contributed by atoms with Crippen LogP contribution in [-0.4, -0.2) is 58.0 Å². The van der Waals surface area contributed by atoms with Gasteiger partial charge in [0.05, 0.1) is 0 Å². The highest BCUT2D eigenvalue weighted by molar-refractivity contribution is 6.73. The Labute approximate surface area is 141 Å². The van der Waals surface area contributed by atoms with Crippen LogP contribution in [0.2, 0.25) is 13.1 Å². The Bertz CT molecular complexity index is 470. The van der Waals surface area contributed by atoms with Gasteiger partial charge < -0.3 is 9.16 Å². The molecule has 0 fully saturated rings. The maximum Gasteiger partial charge on any atom is 0.433 e. The molecular weight excluding hydrogens is 417 g/mol. The van der Waals surface area contributed by atoms with Crippen molar-refractivity contribution in [1.29, 1.82) is 0 Å². The standard InChI is InChI=1S/C11H15F11O3Si/c1-4-24-26(2,3)8(15,16)6-23-10(19,20)9(17,18)11(21,22)25-7(13,14)5-12/h4-6H2,1-3H3. The summed E-state index contributed by atoms with van der Waals surface area (Å²) in [6.07, 6.45) is -18.5. The van der Waals surface area contributed by atoms with Crippen LogP contribution in [0, 0.1) is 0 Å². The Hall–Kier alpha value is -0.673. The quantitative estimate of drug-likeness (QED) is 0.346. The van der Waals surface area contributed by atoms with E-state index in [0.29, 0.717) is 0 Å². The third-order valence-corrected chi connectivity index (χ3v) is 5.90. The summed E-state index contributed by atoms with van der Waals surface area (Å²) in [6, 6.07) is 0. The molecule has 0 saturated heterocycles. The molecule has 0 atom stereocenters. The lowest BCUT2D eigenvalue weighted by atomic mass is 10.3. The van der Waals surface area contributed by atoms with E-state index in [1.807, 2.05) is 0 Å². The first-order valence-corrected chi connectivity index (χ1v) is 9.62. The van der Waals surface area contributed by atoms with E-state index >= 15 is 0 Å². The molecule has 0 spiro atoms. The highest BCUT2D eigenvalue weighted by atomic mass is 28.4. The number of hydrogen-bond donors (Lipinski definition) is 0. The Morgan fingerprint density at radius 2 is 1.27 bits per heavy atom. The van der Waals surface area contributed by atoms with Gasteiger partial charge in [0.1, 0.15) is 6.61 Å². The first kappa shape index (κ1) is 25.3. The van der Waals surface area contributed by atoms with Gasteiger partial charge in [0.15, 0.2) is 6.67 Å². The van der Waals surface area contributed by atoms with E-state index < -0.39 is 51.4 Å². The molecule has 26 heavy (non-hydrogen) atoms. The van der Waals surface area contributed by atoms with Crippen molar-refractivity contribution in [2.75, 3.05) is 19.9 Å². The first-order valence-electron chi connectivity index (χ1n) is 6.72. The molecule has 0 N–H and O–H groups in total. The molecule has 0 amide bonds. The lowest BCUT2D eigenvalue weighted by Gasteiger charge is -2.35. The predicted molar refractivity (Wildman–Crippen MR) is 66.9 cm³/mol. The summed E-state index contributed by atoms with van der Waals surface area (Å²) < 4.78 is 153. The minimum absolute atomic E-state index is 0.286. The van der Waals surface area contributed by atoms with E-state index in [-0.39, 0.29) is 6.61 Å². The van der Waals surface area contributed by atoms with Gasteiger partial charge in [0, 0.05) is 6.61 Å². The second-order valence-corrected chi connectivity index (χ2v) is 9.46. The van der Waals surface area contributed by atoms with E-state index in [4.69, 9.17) is 0 Å². The molecule has 0 saturated carbocycles. The molecule has 0 rings (SSSR count). The highest BCUT2D eigenvalue weighted by Crippen LogP contribution is 2.49. The first-order chi connectivity index (χ1) is 11.3. The Balaban J connectivity index is 5.41. The molecule has 0 bridgehead atoms. The largest absolute Gasteiger partial charge is 0.433 e. The van der Waals surface area contributed by atoms with Gasteiger partial charge in [0.25, 0.3) is 13.9 Å². The maximum absolute atomic E-state index is 13.8. The van der Waals surface area contributed by atoms with Gasteiger partial charge in [-0.3, -0.25) is 0 Å². The zero-order valence-electron chi connectivity index (χ0n) is 13.5. The summed E-state index contributed by atoms with van der Waals surface area (Å²) in [7, 11) is -4.10. The average Bonchev–Trinajstić information content (AvgIpc) is 2.43. The third-order valence-electron chi connectivity index (χ3n) is 2.98. The topological polar surface area (TPSA) is 27.7 Å². The third kappa shape index (κ3) is 5.42. The van der Waals surface area contributed by atoms with Crippen LogP contribution in [0.4, 0.5) is 48.3 Å². The molecular formula is C11H15F11O3Si. The lowest BCUT2D eigenvalue weighted by Crippen LogP contribution is -2.61. The van der Waals surface area contributed by atoms with Crippen LogP contribution in [0.15, 0.2) is 0 Å². The van der Waals surface area contributed by atoms with Gasteiger partial charge in [-0.15, -0.1) is 0 Å². The molecule has 3 nitrogen and oxygen atoms in total. The minimum atomic E-state index is -6.83. The van der Waals surface area contributed by atoms with Crippen molar-refractivity contribution >= 4 is 8.32 Å². The summed E-state index contributed by atoms with van der Waals surface area (Å²) in [5.74, 6) is -6.83. The van der Waals surface area contributed by atoms with Crippen LogP contribution in [0.25, 0.3) is 0 Å². The SMILES string of the molecule is CCO[Si](C)(C)C(F)(F)COC(F)(F)C(F)(F)C(F)(F)OC(F)(F)CF. The number of halogens is 11.